The Labute approximate surface area is 174 Å². The monoisotopic (exact) mass is 402 g/mol. The van der Waals surface area contributed by atoms with Crippen molar-refractivity contribution in [2.45, 2.75) is 46.3 Å². The summed E-state index contributed by atoms with van der Waals surface area (Å²) in [5.41, 5.74) is 3.04. The minimum atomic E-state index is -1.42. The van der Waals surface area contributed by atoms with E-state index in [-0.39, 0.29) is 24.0 Å². The lowest BCUT2D eigenvalue weighted by Gasteiger charge is -2.40. The van der Waals surface area contributed by atoms with Crippen LogP contribution in [-0.2, 0) is 11.2 Å². The van der Waals surface area contributed by atoms with E-state index < -0.39 is 5.72 Å². The second-order valence-electron chi connectivity index (χ2n) is 8.14. The molecule has 3 heterocycles. The number of aromatic nitrogens is 1. The molecule has 1 amide bonds. The van der Waals surface area contributed by atoms with Crippen LogP contribution in [0.15, 0.2) is 36.4 Å². The van der Waals surface area contributed by atoms with Gasteiger partial charge >= 0.3 is 0 Å². The highest BCUT2D eigenvalue weighted by Crippen LogP contribution is 2.50. The Kier molecular flexibility index (Phi) is 3.75. The first-order chi connectivity index (χ1) is 14.3. The molecule has 2 aliphatic rings. The number of ketones is 1. The van der Waals surface area contributed by atoms with Gasteiger partial charge in [-0.15, -0.1) is 0 Å². The lowest BCUT2D eigenvalue weighted by atomic mass is 9.95. The molecule has 1 aromatic heterocycles. The van der Waals surface area contributed by atoms with Crippen LogP contribution < -0.4 is 9.64 Å². The van der Waals surface area contributed by atoms with Crippen molar-refractivity contribution >= 4 is 34.2 Å². The van der Waals surface area contributed by atoms with Crippen molar-refractivity contribution in [1.29, 1.82) is 0 Å². The number of carbonyl (C=O) groups excluding carboxylic acids is 3. The third kappa shape index (κ3) is 2.16. The van der Waals surface area contributed by atoms with Crippen LogP contribution in [0.25, 0.3) is 10.9 Å². The third-order valence-electron chi connectivity index (χ3n) is 6.26. The maximum atomic E-state index is 13.6. The van der Waals surface area contributed by atoms with E-state index in [1.165, 1.54) is 18.7 Å². The van der Waals surface area contributed by atoms with Gasteiger partial charge in [0.1, 0.15) is 0 Å². The second kappa shape index (κ2) is 6.05. The van der Waals surface area contributed by atoms with Crippen molar-refractivity contribution in [3.8, 4) is 5.75 Å². The highest BCUT2D eigenvalue weighted by molar-refractivity contribution is 6.20. The van der Waals surface area contributed by atoms with E-state index in [2.05, 4.69) is 0 Å². The molecular weight excluding hydrogens is 380 g/mol. The molecule has 1 spiro atoms. The SMILES string of the molecule is CC(=O)N1c2c(C)cccc2C(=O)C12CCc1c(c3cccc(C)c3n1C(C)=O)O2. The predicted octanol–water partition coefficient (Wildman–Crippen LogP) is 4.19. The number of para-hydroxylation sites is 2. The summed E-state index contributed by atoms with van der Waals surface area (Å²) in [5, 5.41) is 0.781. The molecule has 2 aromatic carbocycles. The van der Waals surface area contributed by atoms with Crippen molar-refractivity contribution in [3.63, 3.8) is 0 Å². The number of aryl methyl sites for hydroxylation is 2. The summed E-state index contributed by atoms with van der Waals surface area (Å²) in [4.78, 5) is 40.4. The van der Waals surface area contributed by atoms with Crippen LogP contribution in [0.3, 0.4) is 0 Å². The largest absolute Gasteiger partial charge is 0.457 e. The van der Waals surface area contributed by atoms with Crippen LogP contribution in [0.1, 0.15) is 52.2 Å². The molecule has 0 saturated carbocycles. The van der Waals surface area contributed by atoms with E-state index in [4.69, 9.17) is 4.74 Å². The molecule has 6 nitrogen and oxygen atoms in total. The topological polar surface area (TPSA) is 68.6 Å². The molecule has 0 radical (unpaired) electrons. The number of carbonyl (C=O) groups is 3. The van der Waals surface area contributed by atoms with Crippen molar-refractivity contribution in [2.75, 3.05) is 4.90 Å². The van der Waals surface area contributed by atoms with Crippen LogP contribution in [-0.4, -0.2) is 27.9 Å². The lowest BCUT2D eigenvalue weighted by Crippen LogP contribution is -2.58. The normalized spacial score (nSPS) is 19.7. The average Bonchev–Trinajstić information content (AvgIpc) is 3.15. The van der Waals surface area contributed by atoms with Gasteiger partial charge < -0.3 is 4.74 Å². The van der Waals surface area contributed by atoms with Gasteiger partial charge in [0.15, 0.2) is 5.75 Å². The van der Waals surface area contributed by atoms with E-state index >= 15 is 0 Å². The summed E-state index contributed by atoms with van der Waals surface area (Å²) in [7, 11) is 0. The molecule has 0 bridgehead atoms. The van der Waals surface area contributed by atoms with Gasteiger partial charge in [-0.25, -0.2) is 0 Å². The lowest BCUT2D eigenvalue weighted by molar-refractivity contribution is -0.119. The molecule has 1 unspecified atom stereocenters. The molecule has 2 aliphatic heterocycles. The summed E-state index contributed by atoms with van der Waals surface area (Å²) in [6, 6.07) is 11.2. The number of nitrogens with zero attached hydrogens (tertiary/aromatic N) is 2. The zero-order chi connectivity index (χ0) is 21.4. The zero-order valence-electron chi connectivity index (χ0n) is 17.4. The number of hydrogen-bond acceptors (Lipinski definition) is 4. The first-order valence-corrected chi connectivity index (χ1v) is 10.1. The predicted molar refractivity (Wildman–Crippen MR) is 113 cm³/mol. The van der Waals surface area contributed by atoms with E-state index in [0.717, 1.165) is 27.7 Å². The van der Waals surface area contributed by atoms with E-state index in [1.54, 1.807) is 10.6 Å². The Balaban J connectivity index is 1.78. The minimum Gasteiger partial charge on any atom is -0.457 e. The van der Waals surface area contributed by atoms with Crippen molar-refractivity contribution in [3.05, 3.63) is 58.8 Å². The Morgan fingerprint density at radius 2 is 1.70 bits per heavy atom. The molecule has 1 atom stereocenters. The maximum absolute atomic E-state index is 13.6. The van der Waals surface area contributed by atoms with Gasteiger partial charge in [0, 0.05) is 31.2 Å². The van der Waals surface area contributed by atoms with Crippen LogP contribution in [0.2, 0.25) is 0 Å². The molecule has 152 valence electrons. The Morgan fingerprint density at radius 1 is 1.00 bits per heavy atom. The molecule has 0 N–H and O–H groups in total. The first-order valence-electron chi connectivity index (χ1n) is 10.1. The van der Waals surface area contributed by atoms with E-state index in [9.17, 15) is 14.4 Å². The number of benzene rings is 2. The minimum absolute atomic E-state index is 0.101. The Hall–Kier alpha value is -3.41. The summed E-state index contributed by atoms with van der Waals surface area (Å²) >= 11 is 0. The summed E-state index contributed by atoms with van der Waals surface area (Å²) < 4.78 is 8.17. The molecule has 5 rings (SSSR count). The molecule has 6 heteroatoms. The maximum Gasteiger partial charge on any atom is 0.253 e. The molecule has 0 saturated heterocycles. The summed E-state index contributed by atoms with van der Waals surface area (Å²) in [6.07, 6.45) is 0.737. The Bertz CT molecular complexity index is 1290. The van der Waals surface area contributed by atoms with Gasteiger partial charge in [-0.1, -0.05) is 24.3 Å². The number of hydrogen-bond donors (Lipinski definition) is 0. The zero-order valence-corrected chi connectivity index (χ0v) is 17.4. The fourth-order valence-corrected chi connectivity index (χ4v) is 5.09. The quantitative estimate of drug-likeness (QED) is 0.565. The molecule has 30 heavy (non-hydrogen) atoms. The van der Waals surface area contributed by atoms with Crippen LogP contribution in [0, 0.1) is 13.8 Å². The van der Waals surface area contributed by atoms with Gasteiger partial charge in [-0.05, 0) is 43.5 Å². The van der Waals surface area contributed by atoms with Crippen LogP contribution in [0.4, 0.5) is 5.69 Å². The number of ether oxygens (including phenoxy) is 1. The molecular formula is C24H22N2O4. The number of Topliss-reactive ketones (excluding diaryl/α,β-unsaturated/α-hetero) is 1. The van der Waals surface area contributed by atoms with Gasteiger partial charge in [0.25, 0.3) is 5.72 Å². The molecule has 0 fully saturated rings. The number of rotatable bonds is 0. The van der Waals surface area contributed by atoms with Gasteiger partial charge in [0.2, 0.25) is 17.6 Å². The van der Waals surface area contributed by atoms with Gasteiger partial charge in [-0.3, -0.25) is 23.9 Å². The van der Waals surface area contributed by atoms with Crippen molar-refractivity contribution < 1.29 is 19.1 Å². The van der Waals surface area contributed by atoms with Crippen molar-refractivity contribution in [2.24, 2.45) is 0 Å². The van der Waals surface area contributed by atoms with Crippen LogP contribution in [0.5, 0.6) is 5.75 Å². The molecule has 3 aromatic rings. The number of amides is 1. The summed E-state index contributed by atoms with van der Waals surface area (Å²) in [5.74, 6) is -0.0413. The highest BCUT2D eigenvalue weighted by Gasteiger charge is 2.58. The van der Waals surface area contributed by atoms with Gasteiger partial charge in [-0.2, -0.15) is 0 Å². The van der Waals surface area contributed by atoms with E-state index in [1.807, 2.05) is 44.2 Å². The average molecular weight is 402 g/mol. The summed E-state index contributed by atoms with van der Waals surface area (Å²) in [6.45, 7) is 6.82. The van der Waals surface area contributed by atoms with Gasteiger partial charge in [0.05, 0.1) is 16.9 Å². The smallest absolute Gasteiger partial charge is 0.253 e. The Morgan fingerprint density at radius 3 is 2.40 bits per heavy atom. The number of anilines is 1. The van der Waals surface area contributed by atoms with Crippen LogP contribution >= 0.6 is 0 Å². The fourth-order valence-electron chi connectivity index (χ4n) is 5.09. The number of fused-ring (bicyclic) bond motifs is 4. The molecule has 0 aliphatic carbocycles. The highest BCUT2D eigenvalue weighted by atomic mass is 16.5. The van der Waals surface area contributed by atoms with E-state index in [0.29, 0.717) is 23.4 Å². The third-order valence-corrected chi connectivity index (χ3v) is 6.26. The standard InChI is InChI=1S/C24H22N2O4/c1-13-7-5-9-17-20(13)25(15(3)27)19-11-12-24(30-22(17)19)23(29)18-10-6-8-14(2)21(18)26(24)16(4)28/h5-10H,11-12H2,1-4H3. The first kappa shape index (κ1) is 18.6. The van der Waals surface area contributed by atoms with Crippen molar-refractivity contribution in [1.82, 2.24) is 4.57 Å². The fraction of sp³-hybridized carbons (Fsp3) is 0.292. The second-order valence-corrected chi connectivity index (χ2v) is 8.14.